The largest absolute Gasteiger partial charge is 0.496 e. The van der Waals surface area contributed by atoms with Crippen molar-refractivity contribution in [1.29, 1.82) is 0 Å². The van der Waals surface area contributed by atoms with Gasteiger partial charge in [-0.3, -0.25) is 4.90 Å². The monoisotopic (exact) mass is 406 g/mol. The molecule has 0 unspecified atom stereocenters. The number of ether oxygens (including phenoxy) is 3. The van der Waals surface area contributed by atoms with Crippen LogP contribution in [0.1, 0.15) is 45.6 Å². The Bertz CT molecular complexity index is 645. The first-order valence-electron chi connectivity index (χ1n) is 10.5. The maximum atomic E-state index is 5.54. The Morgan fingerprint density at radius 2 is 1.62 bits per heavy atom. The van der Waals surface area contributed by atoms with Crippen molar-refractivity contribution in [2.24, 2.45) is 4.99 Å². The van der Waals surface area contributed by atoms with Crippen LogP contribution in [-0.2, 0) is 6.54 Å². The van der Waals surface area contributed by atoms with Crippen LogP contribution < -0.4 is 24.8 Å². The summed E-state index contributed by atoms with van der Waals surface area (Å²) >= 11 is 0. The third-order valence-corrected chi connectivity index (χ3v) is 5.46. The third-order valence-electron chi connectivity index (χ3n) is 5.46. The first-order valence-corrected chi connectivity index (χ1v) is 10.5. The summed E-state index contributed by atoms with van der Waals surface area (Å²) in [7, 11) is 4.92. The Kier molecular flexibility index (Phi) is 8.89. The highest BCUT2D eigenvalue weighted by molar-refractivity contribution is 5.80. The fourth-order valence-electron chi connectivity index (χ4n) is 3.64. The Balaban J connectivity index is 2.12. The topological polar surface area (TPSA) is 67.4 Å². The van der Waals surface area contributed by atoms with Crippen LogP contribution in [0.15, 0.2) is 17.1 Å². The van der Waals surface area contributed by atoms with Gasteiger partial charge in [-0.05, 0) is 46.7 Å². The quantitative estimate of drug-likeness (QED) is 0.485. The van der Waals surface area contributed by atoms with E-state index in [0.717, 1.165) is 24.6 Å². The first kappa shape index (κ1) is 23.1. The molecule has 1 aromatic carbocycles. The Morgan fingerprint density at radius 3 is 2.14 bits per heavy atom. The summed E-state index contributed by atoms with van der Waals surface area (Å²) in [4.78, 5) is 7.35. The molecule has 0 radical (unpaired) electrons. The van der Waals surface area contributed by atoms with Gasteiger partial charge in [0.2, 0.25) is 0 Å². The SMILES string of the molecule is CCNC(=NCc1c(OC)cc(OC)cc1OC)NCC(C)(C)N1CCCCC1. The highest BCUT2D eigenvalue weighted by Gasteiger charge is 2.28. The van der Waals surface area contributed by atoms with Crippen molar-refractivity contribution in [1.82, 2.24) is 15.5 Å². The van der Waals surface area contributed by atoms with Gasteiger partial charge in [0.15, 0.2) is 5.96 Å². The normalized spacial score (nSPS) is 15.7. The highest BCUT2D eigenvalue weighted by atomic mass is 16.5. The minimum atomic E-state index is 0.0755. The molecule has 0 aromatic heterocycles. The lowest BCUT2D eigenvalue weighted by Gasteiger charge is -2.41. The number of hydrogen-bond donors (Lipinski definition) is 2. The molecule has 1 aromatic rings. The smallest absolute Gasteiger partial charge is 0.191 e. The Labute approximate surface area is 175 Å². The van der Waals surface area contributed by atoms with E-state index in [4.69, 9.17) is 19.2 Å². The molecule has 0 atom stereocenters. The van der Waals surface area contributed by atoms with Crippen LogP contribution in [0.25, 0.3) is 0 Å². The van der Waals surface area contributed by atoms with Crippen LogP contribution in [0.2, 0.25) is 0 Å². The summed E-state index contributed by atoms with van der Waals surface area (Å²) < 4.78 is 16.4. The lowest BCUT2D eigenvalue weighted by Crippen LogP contribution is -2.54. The van der Waals surface area contributed by atoms with Crippen molar-refractivity contribution < 1.29 is 14.2 Å². The van der Waals surface area contributed by atoms with Crippen molar-refractivity contribution >= 4 is 5.96 Å². The minimum Gasteiger partial charge on any atom is -0.496 e. The van der Waals surface area contributed by atoms with Crippen molar-refractivity contribution in [3.8, 4) is 17.2 Å². The van der Waals surface area contributed by atoms with E-state index in [0.29, 0.717) is 23.8 Å². The molecule has 1 aliphatic heterocycles. The average Bonchev–Trinajstić information content (AvgIpc) is 2.75. The second kappa shape index (κ2) is 11.1. The Morgan fingerprint density at radius 1 is 1.00 bits per heavy atom. The molecular weight excluding hydrogens is 368 g/mol. The van der Waals surface area contributed by atoms with Gasteiger partial charge in [-0.15, -0.1) is 0 Å². The maximum absolute atomic E-state index is 5.54. The number of nitrogens with zero attached hydrogens (tertiary/aromatic N) is 2. The number of likely N-dealkylation sites (tertiary alicyclic amines) is 1. The fraction of sp³-hybridized carbons (Fsp3) is 0.682. The van der Waals surface area contributed by atoms with Crippen LogP contribution in [0.4, 0.5) is 0 Å². The van der Waals surface area contributed by atoms with Crippen molar-refractivity contribution in [2.75, 3.05) is 47.5 Å². The first-order chi connectivity index (χ1) is 13.9. The van der Waals surface area contributed by atoms with Gasteiger partial charge in [-0.1, -0.05) is 6.42 Å². The molecule has 1 fully saturated rings. The zero-order valence-electron chi connectivity index (χ0n) is 18.9. The van der Waals surface area contributed by atoms with Gasteiger partial charge in [-0.2, -0.15) is 0 Å². The summed E-state index contributed by atoms with van der Waals surface area (Å²) in [5.74, 6) is 2.89. The molecule has 2 N–H and O–H groups in total. The van der Waals surface area contributed by atoms with Crippen LogP contribution in [0.3, 0.4) is 0 Å². The van der Waals surface area contributed by atoms with E-state index >= 15 is 0 Å². The van der Waals surface area contributed by atoms with E-state index in [-0.39, 0.29) is 5.54 Å². The molecule has 0 spiro atoms. The molecular formula is C22H38N4O3. The van der Waals surface area contributed by atoms with Crippen molar-refractivity contribution in [3.05, 3.63) is 17.7 Å². The van der Waals surface area contributed by atoms with Crippen LogP contribution in [0, 0.1) is 0 Å². The summed E-state index contributed by atoms with van der Waals surface area (Å²) in [6, 6.07) is 3.71. The number of rotatable bonds is 9. The minimum absolute atomic E-state index is 0.0755. The second-order valence-electron chi connectivity index (χ2n) is 7.92. The fourth-order valence-corrected chi connectivity index (χ4v) is 3.64. The number of piperidine rings is 1. The Hall–Kier alpha value is -2.15. The molecule has 164 valence electrons. The van der Waals surface area contributed by atoms with E-state index < -0.39 is 0 Å². The van der Waals surface area contributed by atoms with Gasteiger partial charge < -0.3 is 24.8 Å². The van der Waals surface area contributed by atoms with Crippen LogP contribution >= 0.6 is 0 Å². The number of nitrogens with one attached hydrogen (secondary N) is 2. The molecule has 0 bridgehead atoms. The number of benzene rings is 1. The molecule has 7 heteroatoms. The van der Waals surface area contributed by atoms with Gasteiger partial charge in [0.25, 0.3) is 0 Å². The standard InChI is InChI=1S/C22H38N4O3/c1-7-23-21(25-16-22(2,3)26-11-9-8-10-12-26)24-15-18-19(28-5)13-17(27-4)14-20(18)29-6/h13-14H,7-12,15-16H2,1-6H3,(H2,23,24,25). The van der Waals surface area contributed by atoms with Crippen molar-refractivity contribution in [2.45, 2.75) is 52.1 Å². The van der Waals surface area contributed by atoms with E-state index in [1.165, 1.54) is 32.4 Å². The van der Waals surface area contributed by atoms with Crippen LogP contribution in [-0.4, -0.2) is 63.9 Å². The maximum Gasteiger partial charge on any atom is 0.191 e. The van der Waals surface area contributed by atoms with E-state index in [9.17, 15) is 0 Å². The molecule has 0 aliphatic carbocycles. The van der Waals surface area contributed by atoms with Gasteiger partial charge in [0.05, 0.1) is 33.4 Å². The summed E-state index contributed by atoms with van der Waals surface area (Å²) in [6.45, 7) is 11.1. The molecule has 7 nitrogen and oxygen atoms in total. The number of methoxy groups -OCH3 is 3. The number of aliphatic imine (C=N–C) groups is 1. The summed E-state index contributed by atoms with van der Waals surface area (Å²) in [5.41, 5.74) is 0.967. The molecule has 1 aliphatic rings. The zero-order valence-corrected chi connectivity index (χ0v) is 18.9. The number of guanidine groups is 1. The van der Waals surface area contributed by atoms with Gasteiger partial charge >= 0.3 is 0 Å². The lowest BCUT2D eigenvalue weighted by atomic mass is 9.98. The van der Waals surface area contributed by atoms with Crippen molar-refractivity contribution in [3.63, 3.8) is 0 Å². The summed E-state index contributed by atoms with van der Waals surface area (Å²) in [6.07, 6.45) is 3.92. The van der Waals surface area contributed by atoms with E-state index in [1.807, 2.05) is 12.1 Å². The molecule has 1 saturated heterocycles. The van der Waals surface area contributed by atoms with E-state index in [1.54, 1.807) is 21.3 Å². The van der Waals surface area contributed by atoms with E-state index in [2.05, 4.69) is 36.3 Å². The lowest BCUT2D eigenvalue weighted by molar-refractivity contribution is 0.0982. The molecule has 2 rings (SSSR count). The summed E-state index contributed by atoms with van der Waals surface area (Å²) in [5, 5.41) is 6.86. The molecule has 1 heterocycles. The molecule has 0 amide bonds. The van der Waals surface area contributed by atoms with Gasteiger partial charge in [-0.25, -0.2) is 4.99 Å². The van der Waals surface area contributed by atoms with Crippen LogP contribution in [0.5, 0.6) is 17.2 Å². The van der Waals surface area contributed by atoms with Gasteiger partial charge in [0.1, 0.15) is 17.2 Å². The zero-order chi connectivity index (χ0) is 21.3. The average molecular weight is 407 g/mol. The van der Waals surface area contributed by atoms with Gasteiger partial charge in [0, 0.05) is 30.8 Å². The second-order valence-corrected chi connectivity index (χ2v) is 7.92. The third kappa shape index (κ3) is 6.42. The molecule has 0 saturated carbocycles. The predicted octanol–water partition coefficient (Wildman–Crippen LogP) is 3.03. The predicted molar refractivity (Wildman–Crippen MR) is 118 cm³/mol. The molecule has 29 heavy (non-hydrogen) atoms. The highest BCUT2D eigenvalue weighted by Crippen LogP contribution is 2.34. The number of hydrogen-bond acceptors (Lipinski definition) is 5.